The Kier molecular flexibility index (Phi) is 18.1. The average Bonchev–Trinajstić information content (AvgIpc) is 3.53. The maximum Gasteiger partial charge on any atom is 0.305 e. The van der Waals surface area contributed by atoms with E-state index >= 15 is 0 Å². The molecular weight excluding hydrogens is 677 g/mol. The van der Waals surface area contributed by atoms with Crippen LogP contribution in [-0.2, 0) is 20.7 Å². The molecule has 4 saturated carbocycles. The van der Waals surface area contributed by atoms with Crippen molar-refractivity contribution in [3.8, 4) is 0 Å². The first kappa shape index (κ1) is 44.4. The third-order valence-electron chi connectivity index (χ3n) is 16.3. The van der Waals surface area contributed by atoms with Crippen LogP contribution in [0.1, 0.15) is 207 Å². The monoisotopic (exact) mass is 763 g/mol. The van der Waals surface area contributed by atoms with Crippen LogP contribution in [0.4, 0.5) is 11.4 Å². The van der Waals surface area contributed by atoms with Crippen LogP contribution in [-0.4, -0.2) is 25.3 Å². The standard InChI is InChI=1S/C50H86N2O3/c1-5-6-7-8-9-10-11-12-13-14-15-16-17-19-35-55-48(53)29-22-38(2)44-27-28-45-43-26-24-40-36-42(30-32-49(40,3)46(43)31-33-50(44,45)4)54-34-20-18-21-39-23-25-41(51)37-47(39)52/h23,25,37-38,40,42-46H,5-22,24,26-36,51-52H2,1-4H3/t38-,40?,42?,43+,44-,45+,46+,49+,50-/m1/s1. The number of rotatable bonds is 25. The number of ether oxygens (including phenoxy) is 2. The maximum atomic E-state index is 12.8. The highest BCUT2D eigenvalue weighted by Crippen LogP contribution is 2.68. The molecule has 0 amide bonds. The molecule has 1 aromatic rings. The van der Waals surface area contributed by atoms with E-state index in [2.05, 4.69) is 33.8 Å². The summed E-state index contributed by atoms with van der Waals surface area (Å²) in [6.45, 7) is 11.6. The SMILES string of the molecule is CCCCCCCCCCCCCCCCOC(=O)CC[C@@H](C)[C@H]1CC[C@H]2[C@@H]3CCC4CC(OCCCCc5ccc(N)cc5N)CC[C@]4(C)[C@H]3CC[C@]12C. The predicted octanol–water partition coefficient (Wildman–Crippen LogP) is 13.7. The highest BCUT2D eigenvalue weighted by Gasteiger charge is 2.60. The van der Waals surface area contributed by atoms with Crippen LogP contribution < -0.4 is 11.5 Å². The fourth-order valence-electron chi connectivity index (χ4n) is 13.0. The lowest BCUT2D eigenvalue weighted by Crippen LogP contribution is -2.54. The normalized spacial score (nSPS) is 30.7. The third-order valence-corrected chi connectivity index (χ3v) is 16.3. The molecule has 1 aromatic carbocycles. The minimum atomic E-state index is 0.0409. The Morgan fingerprint density at radius 3 is 2.07 bits per heavy atom. The topological polar surface area (TPSA) is 87.6 Å². The number of benzene rings is 1. The molecule has 2 unspecified atom stereocenters. The van der Waals surface area contributed by atoms with E-state index in [0.29, 0.717) is 35.9 Å². The summed E-state index contributed by atoms with van der Waals surface area (Å²) in [4.78, 5) is 12.8. The average molecular weight is 763 g/mol. The van der Waals surface area contributed by atoms with Gasteiger partial charge in [-0.1, -0.05) is 117 Å². The second-order valence-corrected chi connectivity index (χ2v) is 19.9. The number of unbranched alkanes of at least 4 members (excludes halogenated alkanes) is 14. The van der Waals surface area contributed by atoms with Crippen molar-refractivity contribution in [1.82, 2.24) is 0 Å². The van der Waals surface area contributed by atoms with Gasteiger partial charge in [0, 0.05) is 24.4 Å². The molecule has 0 spiro atoms. The van der Waals surface area contributed by atoms with Crippen molar-refractivity contribution < 1.29 is 14.3 Å². The second-order valence-electron chi connectivity index (χ2n) is 19.9. The Morgan fingerprint density at radius 2 is 1.38 bits per heavy atom. The maximum absolute atomic E-state index is 12.8. The highest BCUT2D eigenvalue weighted by molar-refractivity contribution is 5.69. The van der Waals surface area contributed by atoms with Gasteiger partial charge in [0.1, 0.15) is 0 Å². The van der Waals surface area contributed by atoms with E-state index in [-0.39, 0.29) is 5.97 Å². The van der Waals surface area contributed by atoms with Crippen LogP contribution in [0.25, 0.3) is 0 Å². The van der Waals surface area contributed by atoms with E-state index in [1.165, 1.54) is 147 Å². The van der Waals surface area contributed by atoms with E-state index in [1.807, 2.05) is 12.1 Å². The molecule has 0 aliphatic heterocycles. The Morgan fingerprint density at radius 1 is 0.745 bits per heavy atom. The molecule has 9 atom stereocenters. The number of nitrogen functional groups attached to an aromatic ring is 2. The summed E-state index contributed by atoms with van der Waals surface area (Å²) < 4.78 is 12.3. The molecule has 0 saturated heterocycles. The zero-order valence-corrected chi connectivity index (χ0v) is 36.4. The molecule has 5 heteroatoms. The Bertz CT molecular complexity index is 1270. The lowest BCUT2D eigenvalue weighted by molar-refractivity contribution is -0.145. The number of aryl methyl sites for hydroxylation is 1. The fourth-order valence-corrected chi connectivity index (χ4v) is 13.0. The van der Waals surface area contributed by atoms with Crippen molar-refractivity contribution in [3.63, 3.8) is 0 Å². The highest BCUT2D eigenvalue weighted by atomic mass is 16.5. The van der Waals surface area contributed by atoms with Gasteiger partial charge in [0.15, 0.2) is 0 Å². The van der Waals surface area contributed by atoms with Crippen molar-refractivity contribution in [2.45, 2.75) is 214 Å². The molecule has 4 N–H and O–H groups in total. The lowest BCUT2D eigenvalue weighted by Gasteiger charge is -2.61. The first-order valence-electron chi connectivity index (χ1n) is 24.1. The first-order chi connectivity index (χ1) is 26.7. The summed E-state index contributed by atoms with van der Waals surface area (Å²) in [7, 11) is 0. The number of anilines is 2. The number of fused-ring (bicyclic) bond motifs is 5. The fraction of sp³-hybridized carbons (Fsp3) is 0.860. The van der Waals surface area contributed by atoms with Gasteiger partial charge in [-0.05, 0) is 154 Å². The smallest absolute Gasteiger partial charge is 0.305 e. The molecule has 314 valence electrons. The van der Waals surface area contributed by atoms with Crippen LogP contribution >= 0.6 is 0 Å². The summed E-state index contributed by atoms with van der Waals surface area (Å²) >= 11 is 0. The number of hydrogen-bond donors (Lipinski definition) is 2. The summed E-state index contributed by atoms with van der Waals surface area (Å²) in [6.07, 6.45) is 36.4. The van der Waals surface area contributed by atoms with Gasteiger partial charge >= 0.3 is 5.97 Å². The lowest BCUT2D eigenvalue weighted by atomic mass is 9.44. The summed E-state index contributed by atoms with van der Waals surface area (Å²) in [6, 6.07) is 5.91. The number of hydrogen-bond acceptors (Lipinski definition) is 5. The van der Waals surface area contributed by atoms with Crippen LogP contribution in [0.5, 0.6) is 0 Å². The van der Waals surface area contributed by atoms with Crippen molar-refractivity contribution in [3.05, 3.63) is 23.8 Å². The number of carbonyl (C=O) groups is 1. The summed E-state index contributed by atoms with van der Waals surface area (Å²) in [5, 5.41) is 0. The molecule has 4 aliphatic carbocycles. The van der Waals surface area contributed by atoms with Gasteiger partial charge < -0.3 is 20.9 Å². The van der Waals surface area contributed by atoms with Crippen LogP contribution in [0, 0.1) is 46.3 Å². The molecule has 55 heavy (non-hydrogen) atoms. The number of nitrogens with two attached hydrogens (primary N) is 2. The second kappa shape index (κ2) is 22.4. The van der Waals surface area contributed by atoms with Crippen LogP contribution in [0.15, 0.2) is 18.2 Å². The molecule has 5 rings (SSSR count). The molecule has 0 bridgehead atoms. The largest absolute Gasteiger partial charge is 0.466 e. The molecule has 0 radical (unpaired) electrons. The van der Waals surface area contributed by atoms with Gasteiger partial charge in [0.25, 0.3) is 0 Å². The third kappa shape index (κ3) is 12.4. The van der Waals surface area contributed by atoms with Crippen LogP contribution in [0.2, 0.25) is 0 Å². The van der Waals surface area contributed by atoms with Crippen molar-refractivity contribution in [2.24, 2.45) is 46.3 Å². The summed E-state index contributed by atoms with van der Waals surface area (Å²) in [5.74, 6) is 4.86. The molecule has 5 nitrogen and oxygen atoms in total. The molecule has 0 heterocycles. The van der Waals surface area contributed by atoms with E-state index < -0.39 is 0 Å². The van der Waals surface area contributed by atoms with Gasteiger partial charge in [0.05, 0.1) is 12.7 Å². The minimum Gasteiger partial charge on any atom is -0.466 e. The number of carbonyl (C=O) groups excluding carboxylic acids is 1. The van der Waals surface area contributed by atoms with E-state index in [9.17, 15) is 4.79 Å². The number of esters is 1. The van der Waals surface area contributed by atoms with Gasteiger partial charge in [-0.25, -0.2) is 0 Å². The van der Waals surface area contributed by atoms with Gasteiger partial charge in [0.2, 0.25) is 0 Å². The van der Waals surface area contributed by atoms with E-state index in [0.717, 1.165) is 79.7 Å². The zero-order chi connectivity index (χ0) is 39.1. The van der Waals surface area contributed by atoms with Gasteiger partial charge in [-0.2, -0.15) is 0 Å². The predicted molar refractivity (Wildman–Crippen MR) is 233 cm³/mol. The van der Waals surface area contributed by atoms with E-state index in [1.54, 1.807) is 0 Å². The minimum absolute atomic E-state index is 0.0409. The van der Waals surface area contributed by atoms with Crippen LogP contribution in [0.3, 0.4) is 0 Å². The first-order valence-corrected chi connectivity index (χ1v) is 24.1. The van der Waals surface area contributed by atoms with Crippen molar-refractivity contribution in [1.29, 1.82) is 0 Å². The molecule has 0 aromatic heterocycles. The Labute approximate surface area is 339 Å². The Hall–Kier alpha value is -1.75. The Balaban J connectivity index is 0.933. The molecule has 4 aliphatic rings. The summed E-state index contributed by atoms with van der Waals surface area (Å²) in [5.41, 5.74) is 15.7. The van der Waals surface area contributed by atoms with Gasteiger partial charge in [-0.3, -0.25) is 4.79 Å². The molecule has 4 fully saturated rings. The quantitative estimate of drug-likeness (QED) is 0.0588. The zero-order valence-electron chi connectivity index (χ0n) is 36.4. The van der Waals surface area contributed by atoms with Gasteiger partial charge in [-0.15, -0.1) is 0 Å². The van der Waals surface area contributed by atoms with Crippen molar-refractivity contribution in [2.75, 3.05) is 24.7 Å². The van der Waals surface area contributed by atoms with Crippen molar-refractivity contribution >= 4 is 17.3 Å². The molecular formula is C50H86N2O3. The van der Waals surface area contributed by atoms with E-state index in [4.69, 9.17) is 20.9 Å².